The van der Waals surface area contributed by atoms with E-state index < -0.39 is 0 Å². The molecule has 2 rings (SSSR count). The van der Waals surface area contributed by atoms with E-state index in [2.05, 4.69) is 20.8 Å². The molecule has 3 N–H and O–H groups in total. The molecular weight excluding hydrogens is 308 g/mol. The Kier molecular flexibility index (Phi) is 7.49. The Morgan fingerprint density at radius 1 is 1.33 bits per heavy atom. The zero-order chi connectivity index (χ0) is 17.4. The van der Waals surface area contributed by atoms with Gasteiger partial charge in [0.25, 0.3) is 0 Å². The molecule has 1 aromatic heterocycles. The standard InChI is InChI=1S/C17H30N4O3/c1-12(2)16-20-15(24-21-16)8-10-18-17(23)19-14(9-11-22)13-6-4-3-5-7-13/h12-14,22H,3-11H2,1-2H3,(H2,18,19,23). The summed E-state index contributed by atoms with van der Waals surface area (Å²) < 4.78 is 5.16. The summed E-state index contributed by atoms with van der Waals surface area (Å²) in [5.41, 5.74) is 0. The maximum Gasteiger partial charge on any atom is 0.315 e. The normalized spacial score (nSPS) is 17.0. The zero-order valence-corrected chi connectivity index (χ0v) is 14.8. The number of carbonyl (C=O) groups excluding carboxylic acids is 1. The van der Waals surface area contributed by atoms with Crippen LogP contribution in [-0.2, 0) is 6.42 Å². The van der Waals surface area contributed by atoms with Crippen molar-refractivity contribution >= 4 is 6.03 Å². The molecule has 0 radical (unpaired) electrons. The molecule has 1 unspecified atom stereocenters. The molecule has 1 aromatic rings. The molecule has 0 spiro atoms. The molecule has 0 bridgehead atoms. The largest absolute Gasteiger partial charge is 0.396 e. The van der Waals surface area contributed by atoms with E-state index in [1.807, 2.05) is 13.8 Å². The van der Waals surface area contributed by atoms with Gasteiger partial charge in [-0.25, -0.2) is 4.79 Å². The average Bonchev–Trinajstić information content (AvgIpc) is 3.04. The van der Waals surface area contributed by atoms with Gasteiger partial charge in [0.05, 0.1) is 0 Å². The van der Waals surface area contributed by atoms with Crippen molar-refractivity contribution in [2.75, 3.05) is 13.2 Å². The molecular formula is C17H30N4O3. The van der Waals surface area contributed by atoms with Crippen LogP contribution in [0.3, 0.4) is 0 Å². The first-order chi connectivity index (χ1) is 11.6. The summed E-state index contributed by atoms with van der Waals surface area (Å²) in [5, 5.41) is 19.0. The van der Waals surface area contributed by atoms with E-state index in [4.69, 9.17) is 4.52 Å². The lowest BCUT2D eigenvalue weighted by Gasteiger charge is -2.30. The fourth-order valence-corrected chi connectivity index (χ4v) is 3.21. The van der Waals surface area contributed by atoms with E-state index in [1.165, 1.54) is 19.3 Å². The lowest BCUT2D eigenvalue weighted by molar-refractivity contribution is 0.196. The van der Waals surface area contributed by atoms with E-state index in [0.29, 0.717) is 37.0 Å². The van der Waals surface area contributed by atoms with Crippen LogP contribution in [0, 0.1) is 5.92 Å². The van der Waals surface area contributed by atoms with E-state index >= 15 is 0 Å². The first kappa shape index (κ1) is 18.7. The molecule has 1 aliphatic rings. The lowest BCUT2D eigenvalue weighted by Crippen LogP contribution is -2.46. The molecule has 1 aliphatic carbocycles. The Morgan fingerprint density at radius 3 is 2.71 bits per heavy atom. The third kappa shape index (κ3) is 5.78. The molecule has 2 amide bonds. The van der Waals surface area contributed by atoms with Gasteiger partial charge in [-0.05, 0) is 25.2 Å². The summed E-state index contributed by atoms with van der Waals surface area (Å²) in [6, 6.07) is -0.145. The number of urea groups is 1. The number of aliphatic hydroxyl groups is 1. The van der Waals surface area contributed by atoms with Crippen molar-refractivity contribution in [2.24, 2.45) is 5.92 Å². The molecule has 7 nitrogen and oxygen atoms in total. The van der Waals surface area contributed by atoms with Crippen LogP contribution in [0.1, 0.15) is 70.0 Å². The second-order valence-electron chi connectivity index (χ2n) is 6.87. The number of nitrogens with one attached hydrogen (secondary N) is 2. The molecule has 1 saturated carbocycles. The average molecular weight is 338 g/mol. The summed E-state index contributed by atoms with van der Waals surface area (Å²) in [6.07, 6.45) is 7.09. The summed E-state index contributed by atoms with van der Waals surface area (Å²) in [7, 11) is 0. The minimum Gasteiger partial charge on any atom is -0.396 e. The Bertz CT molecular complexity index is 498. The second-order valence-corrected chi connectivity index (χ2v) is 6.87. The van der Waals surface area contributed by atoms with Gasteiger partial charge in [0.15, 0.2) is 5.82 Å². The number of nitrogens with zero attached hydrogens (tertiary/aromatic N) is 2. The number of rotatable bonds is 8. The van der Waals surface area contributed by atoms with E-state index in [9.17, 15) is 9.90 Å². The van der Waals surface area contributed by atoms with Gasteiger partial charge in [0.2, 0.25) is 5.89 Å². The summed E-state index contributed by atoms with van der Waals surface area (Å²) in [4.78, 5) is 16.4. The third-order valence-corrected chi connectivity index (χ3v) is 4.60. The van der Waals surface area contributed by atoms with Crippen molar-refractivity contribution in [1.29, 1.82) is 0 Å². The number of amides is 2. The minimum atomic E-state index is -0.192. The Hall–Kier alpha value is -1.63. The molecule has 1 heterocycles. The van der Waals surface area contributed by atoms with Crippen LogP contribution in [0.2, 0.25) is 0 Å². The molecule has 0 aliphatic heterocycles. The predicted molar refractivity (Wildman–Crippen MR) is 90.7 cm³/mol. The van der Waals surface area contributed by atoms with E-state index in [-0.39, 0.29) is 24.6 Å². The Morgan fingerprint density at radius 2 is 2.08 bits per heavy atom. The van der Waals surface area contributed by atoms with Gasteiger partial charge in [0, 0.05) is 31.5 Å². The number of hydrogen-bond acceptors (Lipinski definition) is 5. The van der Waals surface area contributed by atoms with Crippen LogP contribution in [0.4, 0.5) is 4.79 Å². The van der Waals surface area contributed by atoms with Gasteiger partial charge in [-0.2, -0.15) is 4.98 Å². The molecule has 1 fully saturated rings. The van der Waals surface area contributed by atoms with Crippen molar-refractivity contribution in [3.63, 3.8) is 0 Å². The molecule has 0 aromatic carbocycles. The third-order valence-electron chi connectivity index (χ3n) is 4.60. The van der Waals surface area contributed by atoms with Gasteiger partial charge >= 0.3 is 6.03 Å². The highest BCUT2D eigenvalue weighted by Gasteiger charge is 2.24. The van der Waals surface area contributed by atoms with E-state index in [0.717, 1.165) is 12.8 Å². The van der Waals surface area contributed by atoms with Gasteiger partial charge in [-0.1, -0.05) is 38.3 Å². The van der Waals surface area contributed by atoms with Crippen molar-refractivity contribution in [3.05, 3.63) is 11.7 Å². The van der Waals surface area contributed by atoms with Crippen LogP contribution >= 0.6 is 0 Å². The summed E-state index contributed by atoms with van der Waals surface area (Å²) in [6.45, 7) is 4.56. The van der Waals surface area contributed by atoms with Gasteiger partial charge < -0.3 is 20.3 Å². The van der Waals surface area contributed by atoms with Crippen LogP contribution in [0.25, 0.3) is 0 Å². The fourth-order valence-electron chi connectivity index (χ4n) is 3.21. The Labute approximate surface area is 143 Å². The monoisotopic (exact) mass is 338 g/mol. The van der Waals surface area contributed by atoms with Crippen LogP contribution in [0.15, 0.2) is 4.52 Å². The lowest BCUT2D eigenvalue weighted by atomic mass is 9.83. The molecule has 1 atom stereocenters. The number of hydrogen-bond donors (Lipinski definition) is 3. The van der Waals surface area contributed by atoms with Crippen molar-refractivity contribution in [3.8, 4) is 0 Å². The fraction of sp³-hybridized carbons (Fsp3) is 0.824. The van der Waals surface area contributed by atoms with Gasteiger partial charge in [-0.3, -0.25) is 0 Å². The second kappa shape index (κ2) is 9.61. The van der Waals surface area contributed by atoms with Crippen LogP contribution in [0.5, 0.6) is 0 Å². The summed E-state index contributed by atoms with van der Waals surface area (Å²) >= 11 is 0. The summed E-state index contributed by atoms with van der Waals surface area (Å²) in [5.74, 6) is 1.93. The van der Waals surface area contributed by atoms with Gasteiger partial charge in [-0.15, -0.1) is 0 Å². The van der Waals surface area contributed by atoms with Crippen LogP contribution < -0.4 is 10.6 Å². The van der Waals surface area contributed by atoms with Crippen molar-refractivity contribution < 1.29 is 14.4 Å². The SMILES string of the molecule is CC(C)c1noc(CCNC(=O)NC(CCO)C2CCCCC2)n1. The zero-order valence-electron chi connectivity index (χ0n) is 14.8. The highest BCUT2D eigenvalue weighted by atomic mass is 16.5. The predicted octanol–water partition coefficient (Wildman–Crippen LogP) is 2.37. The quantitative estimate of drug-likeness (QED) is 0.675. The first-order valence-corrected chi connectivity index (χ1v) is 9.08. The highest BCUT2D eigenvalue weighted by molar-refractivity contribution is 5.74. The minimum absolute atomic E-state index is 0.0475. The maximum absolute atomic E-state index is 12.1. The van der Waals surface area contributed by atoms with E-state index in [1.54, 1.807) is 0 Å². The smallest absolute Gasteiger partial charge is 0.315 e. The first-order valence-electron chi connectivity index (χ1n) is 9.08. The number of aromatic nitrogens is 2. The Balaban J connectivity index is 1.73. The molecule has 0 saturated heterocycles. The molecule has 24 heavy (non-hydrogen) atoms. The van der Waals surface area contributed by atoms with Crippen molar-refractivity contribution in [2.45, 2.75) is 70.8 Å². The topological polar surface area (TPSA) is 100 Å². The van der Waals surface area contributed by atoms with Crippen LogP contribution in [-0.4, -0.2) is 40.5 Å². The number of carbonyl (C=O) groups is 1. The highest BCUT2D eigenvalue weighted by Crippen LogP contribution is 2.27. The molecule has 136 valence electrons. The van der Waals surface area contributed by atoms with Gasteiger partial charge in [0.1, 0.15) is 0 Å². The maximum atomic E-state index is 12.1. The van der Waals surface area contributed by atoms with Crippen molar-refractivity contribution in [1.82, 2.24) is 20.8 Å². The molecule has 7 heteroatoms. The number of aliphatic hydroxyl groups excluding tert-OH is 1.